The fourth-order valence-corrected chi connectivity index (χ4v) is 2.33. The molecule has 1 aromatic carbocycles. The topological polar surface area (TPSA) is 54.2 Å². The van der Waals surface area contributed by atoms with Crippen LogP contribution in [0.15, 0.2) is 10.6 Å². The average molecular weight is 316 g/mol. The lowest BCUT2D eigenvalue weighted by Gasteiger charge is -2.30. The molecule has 1 unspecified atom stereocenters. The zero-order valence-corrected chi connectivity index (χ0v) is 11.5. The van der Waals surface area contributed by atoms with Crippen LogP contribution >= 0.6 is 0 Å². The summed E-state index contributed by atoms with van der Waals surface area (Å²) in [4.78, 5) is 5.82. The van der Waals surface area contributed by atoms with E-state index < -0.39 is 34.7 Å². The van der Waals surface area contributed by atoms with Gasteiger partial charge in [0.2, 0.25) is 0 Å². The maximum atomic E-state index is 13.7. The smallest absolute Gasteiger partial charge is 0.264 e. The molecule has 0 saturated carbocycles. The first-order valence-electron chi connectivity index (χ1n) is 6.57. The van der Waals surface area contributed by atoms with Gasteiger partial charge in [-0.25, -0.2) is 17.6 Å². The third-order valence-corrected chi connectivity index (χ3v) is 3.58. The number of nitrogens with zero attached hydrogens (tertiary/aromatic N) is 3. The van der Waals surface area contributed by atoms with E-state index in [0.29, 0.717) is 6.54 Å². The summed E-state index contributed by atoms with van der Waals surface area (Å²) in [6.07, 6.45) is 0. The number of hydrogen-bond acceptors (Lipinski definition) is 5. The van der Waals surface area contributed by atoms with Gasteiger partial charge >= 0.3 is 0 Å². The maximum Gasteiger partial charge on any atom is 0.264 e. The molecule has 0 aliphatic carbocycles. The van der Waals surface area contributed by atoms with E-state index in [1.807, 2.05) is 11.9 Å². The van der Waals surface area contributed by atoms with E-state index in [1.165, 1.54) is 0 Å². The van der Waals surface area contributed by atoms with Gasteiger partial charge in [-0.05, 0) is 7.05 Å². The Kier molecular flexibility index (Phi) is 3.83. The van der Waals surface area contributed by atoms with E-state index >= 15 is 0 Å². The van der Waals surface area contributed by atoms with Gasteiger partial charge in [0, 0.05) is 25.7 Å². The fourth-order valence-electron chi connectivity index (χ4n) is 2.33. The van der Waals surface area contributed by atoms with Gasteiger partial charge in [0.05, 0.1) is 6.04 Å². The molecule has 0 spiro atoms. The van der Waals surface area contributed by atoms with Crippen molar-refractivity contribution in [3.63, 3.8) is 0 Å². The lowest BCUT2D eigenvalue weighted by molar-refractivity contribution is 0.190. The second-order valence-corrected chi connectivity index (χ2v) is 5.00. The van der Waals surface area contributed by atoms with Crippen molar-refractivity contribution in [3.8, 4) is 11.5 Å². The van der Waals surface area contributed by atoms with Gasteiger partial charge in [0.15, 0.2) is 29.1 Å². The second kappa shape index (κ2) is 5.65. The minimum absolute atomic E-state index is 0.129. The van der Waals surface area contributed by atoms with Crippen molar-refractivity contribution in [2.75, 3.05) is 26.7 Å². The summed E-state index contributed by atoms with van der Waals surface area (Å²) in [5, 5.41) is 6.78. The third-order valence-electron chi connectivity index (χ3n) is 3.58. The van der Waals surface area contributed by atoms with Crippen molar-refractivity contribution in [3.05, 3.63) is 35.2 Å². The fraction of sp³-hybridized carbons (Fsp3) is 0.385. The van der Waals surface area contributed by atoms with Crippen LogP contribution in [0.1, 0.15) is 11.9 Å². The monoisotopic (exact) mass is 316 g/mol. The van der Waals surface area contributed by atoms with Crippen LogP contribution in [-0.2, 0) is 0 Å². The molecule has 118 valence electrons. The highest BCUT2D eigenvalue weighted by atomic mass is 19.2. The molecule has 1 saturated heterocycles. The van der Waals surface area contributed by atoms with Crippen LogP contribution in [0.4, 0.5) is 17.6 Å². The molecule has 3 rings (SSSR count). The molecule has 2 aromatic rings. The largest absolute Gasteiger partial charge is 0.334 e. The first kappa shape index (κ1) is 14.9. The summed E-state index contributed by atoms with van der Waals surface area (Å²) in [5.74, 6) is -6.58. The van der Waals surface area contributed by atoms with Crippen molar-refractivity contribution in [1.82, 2.24) is 20.4 Å². The highest BCUT2D eigenvalue weighted by molar-refractivity contribution is 5.55. The molecule has 0 bridgehead atoms. The van der Waals surface area contributed by atoms with Gasteiger partial charge in [0.1, 0.15) is 5.56 Å². The number of benzene rings is 1. The van der Waals surface area contributed by atoms with Crippen LogP contribution in [-0.4, -0.2) is 41.7 Å². The van der Waals surface area contributed by atoms with E-state index in [4.69, 9.17) is 4.52 Å². The Bertz CT molecular complexity index is 679. The van der Waals surface area contributed by atoms with Gasteiger partial charge < -0.3 is 9.84 Å². The summed E-state index contributed by atoms with van der Waals surface area (Å²) < 4.78 is 58.7. The lowest BCUT2D eigenvalue weighted by Crippen LogP contribution is -2.44. The first-order valence-corrected chi connectivity index (χ1v) is 6.57. The van der Waals surface area contributed by atoms with E-state index in [2.05, 4.69) is 15.5 Å². The molecule has 2 heterocycles. The standard InChI is InChI=1S/C13H12F4N4O/c1-21-3-2-18-5-8(21)12-19-13(22-20-12)9-10(16)6(14)4-7(15)11(9)17/h4,8,18H,2-3,5H2,1H3. The van der Waals surface area contributed by atoms with E-state index in [-0.39, 0.29) is 17.9 Å². The van der Waals surface area contributed by atoms with Gasteiger partial charge in [-0.1, -0.05) is 5.16 Å². The van der Waals surface area contributed by atoms with Crippen LogP contribution in [0.25, 0.3) is 11.5 Å². The summed E-state index contributed by atoms with van der Waals surface area (Å²) >= 11 is 0. The quantitative estimate of drug-likeness (QED) is 0.677. The van der Waals surface area contributed by atoms with Crippen LogP contribution in [0.2, 0.25) is 0 Å². The predicted octanol–water partition coefficient (Wildman–Crippen LogP) is 1.87. The Labute approximate surface area is 122 Å². The first-order chi connectivity index (χ1) is 10.5. The van der Waals surface area contributed by atoms with Crippen LogP contribution in [0, 0.1) is 23.3 Å². The van der Waals surface area contributed by atoms with E-state index in [1.54, 1.807) is 0 Å². The SMILES string of the molecule is CN1CCNCC1c1noc(-c2c(F)c(F)cc(F)c2F)n1. The van der Waals surface area contributed by atoms with Gasteiger partial charge in [-0.3, -0.25) is 4.90 Å². The van der Waals surface area contributed by atoms with E-state index in [0.717, 1.165) is 13.1 Å². The minimum atomic E-state index is -1.57. The summed E-state index contributed by atoms with van der Waals surface area (Å²) in [6, 6.07) is -0.125. The molecular weight excluding hydrogens is 304 g/mol. The third kappa shape index (κ3) is 2.46. The molecule has 1 atom stereocenters. The molecule has 1 N–H and O–H groups in total. The summed E-state index contributed by atoms with van der Waals surface area (Å²) in [6.45, 7) is 2.04. The molecule has 0 radical (unpaired) electrons. The molecule has 5 nitrogen and oxygen atoms in total. The minimum Gasteiger partial charge on any atom is -0.334 e. The molecule has 1 aromatic heterocycles. The predicted molar refractivity (Wildman–Crippen MR) is 67.8 cm³/mol. The van der Waals surface area contributed by atoms with Crippen LogP contribution in [0.3, 0.4) is 0 Å². The number of hydrogen-bond donors (Lipinski definition) is 1. The molecule has 22 heavy (non-hydrogen) atoms. The normalized spacial score (nSPS) is 19.6. The number of halogens is 4. The average Bonchev–Trinajstić information content (AvgIpc) is 2.95. The molecule has 1 aliphatic heterocycles. The Morgan fingerprint density at radius 3 is 2.55 bits per heavy atom. The highest BCUT2D eigenvalue weighted by Gasteiger charge is 2.29. The zero-order valence-electron chi connectivity index (χ0n) is 11.5. The molecule has 1 aliphatic rings. The molecule has 0 amide bonds. The molecular formula is C13H12F4N4O. The number of likely N-dealkylation sites (N-methyl/N-ethyl adjacent to an activating group) is 1. The van der Waals surface area contributed by atoms with Crippen molar-refractivity contribution < 1.29 is 22.1 Å². The zero-order chi connectivity index (χ0) is 15.9. The number of nitrogens with one attached hydrogen (secondary N) is 1. The Morgan fingerprint density at radius 2 is 1.91 bits per heavy atom. The van der Waals surface area contributed by atoms with Crippen molar-refractivity contribution in [2.24, 2.45) is 0 Å². The molecule has 9 heteroatoms. The highest BCUT2D eigenvalue weighted by Crippen LogP contribution is 2.29. The van der Waals surface area contributed by atoms with Crippen LogP contribution in [0.5, 0.6) is 0 Å². The Balaban J connectivity index is 2.01. The number of rotatable bonds is 2. The second-order valence-electron chi connectivity index (χ2n) is 5.00. The maximum absolute atomic E-state index is 13.7. The Morgan fingerprint density at radius 1 is 1.23 bits per heavy atom. The van der Waals surface area contributed by atoms with Crippen molar-refractivity contribution >= 4 is 0 Å². The summed E-state index contributed by atoms with van der Waals surface area (Å²) in [7, 11) is 1.84. The van der Waals surface area contributed by atoms with Gasteiger partial charge in [0.25, 0.3) is 5.89 Å². The summed E-state index contributed by atoms with van der Waals surface area (Å²) in [5.41, 5.74) is -0.998. The van der Waals surface area contributed by atoms with Gasteiger partial charge in [-0.2, -0.15) is 4.98 Å². The van der Waals surface area contributed by atoms with Crippen molar-refractivity contribution in [1.29, 1.82) is 0 Å². The van der Waals surface area contributed by atoms with E-state index in [9.17, 15) is 17.6 Å². The molecule has 1 fully saturated rings. The van der Waals surface area contributed by atoms with Gasteiger partial charge in [-0.15, -0.1) is 0 Å². The lowest BCUT2D eigenvalue weighted by atomic mass is 10.1. The number of aromatic nitrogens is 2. The van der Waals surface area contributed by atoms with Crippen LogP contribution < -0.4 is 5.32 Å². The Hall–Kier alpha value is -2.00. The number of piperazine rings is 1. The van der Waals surface area contributed by atoms with Crippen molar-refractivity contribution in [2.45, 2.75) is 6.04 Å².